The fraction of sp³-hybridized carbons (Fsp3) is 0.348. The standard InChI is InChI=1S/C23H28N4O3S/c1-4-17-7-11-20(12-8-17)30-15-21-25-26-23(27(21)5-2)31-16-22(28)24-18-9-13-19(14-10-18)29-6-3/h7-14H,4-6,15-16H2,1-3H3,(H,24,28). The third kappa shape index (κ3) is 6.49. The molecule has 0 spiro atoms. The van der Waals surface area contributed by atoms with Crippen LogP contribution in [0.15, 0.2) is 53.7 Å². The number of carbonyl (C=O) groups excluding carboxylic acids is 1. The monoisotopic (exact) mass is 440 g/mol. The fourth-order valence-electron chi connectivity index (χ4n) is 2.95. The second-order valence-electron chi connectivity index (χ2n) is 6.72. The first-order valence-corrected chi connectivity index (χ1v) is 11.4. The number of ether oxygens (including phenoxy) is 2. The molecule has 0 unspecified atom stereocenters. The molecule has 164 valence electrons. The Hall–Kier alpha value is -3.00. The Kier molecular flexibility index (Phi) is 8.35. The van der Waals surface area contributed by atoms with Crippen molar-refractivity contribution in [1.82, 2.24) is 14.8 Å². The average Bonchev–Trinajstić information content (AvgIpc) is 3.20. The third-order valence-corrected chi connectivity index (χ3v) is 5.56. The predicted octanol–water partition coefficient (Wildman–Crippen LogP) is 4.57. The predicted molar refractivity (Wildman–Crippen MR) is 123 cm³/mol. The molecule has 0 aliphatic carbocycles. The Bertz CT molecular complexity index is 971. The highest BCUT2D eigenvalue weighted by Crippen LogP contribution is 2.20. The highest BCUT2D eigenvalue weighted by atomic mass is 32.2. The van der Waals surface area contributed by atoms with Crippen LogP contribution in [0.3, 0.4) is 0 Å². The first kappa shape index (κ1) is 22.7. The van der Waals surface area contributed by atoms with Crippen molar-refractivity contribution in [2.45, 2.75) is 45.5 Å². The molecule has 3 rings (SSSR count). The molecule has 2 aromatic carbocycles. The molecule has 1 N–H and O–H groups in total. The van der Waals surface area contributed by atoms with Crippen LogP contribution in [0.2, 0.25) is 0 Å². The molecular formula is C23H28N4O3S. The van der Waals surface area contributed by atoms with E-state index in [-0.39, 0.29) is 11.7 Å². The number of aryl methyl sites for hydroxylation is 1. The van der Waals surface area contributed by atoms with E-state index in [4.69, 9.17) is 9.47 Å². The van der Waals surface area contributed by atoms with E-state index in [1.54, 1.807) is 0 Å². The summed E-state index contributed by atoms with van der Waals surface area (Å²) in [6.45, 7) is 7.71. The molecule has 1 aromatic heterocycles. The molecule has 8 heteroatoms. The topological polar surface area (TPSA) is 78.3 Å². The lowest BCUT2D eigenvalue weighted by atomic mass is 10.2. The number of amides is 1. The maximum absolute atomic E-state index is 12.3. The smallest absolute Gasteiger partial charge is 0.234 e. The van der Waals surface area contributed by atoms with Crippen molar-refractivity contribution in [3.63, 3.8) is 0 Å². The maximum Gasteiger partial charge on any atom is 0.234 e. The first-order valence-electron chi connectivity index (χ1n) is 10.4. The summed E-state index contributed by atoms with van der Waals surface area (Å²) in [4.78, 5) is 12.3. The van der Waals surface area contributed by atoms with Gasteiger partial charge in [-0.05, 0) is 62.2 Å². The average molecular weight is 441 g/mol. The normalized spacial score (nSPS) is 10.7. The number of nitrogens with zero attached hydrogens (tertiary/aromatic N) is 3. The lowest BCUT2D eigenvalue weighted by Gasteiger charge is -2.10. The lowest BCUT2D eigenvalue weighted by Crippen LogP contribution is -2.15. The van der Waals surface area contributed by atoms with Crippen molar-refractivity contribution in [2.75, 3.05) is 17.7 Å². The van der Waals surface area contributed by atoms with E-state index in [0.29, 0.717) is 24.9 Å². The number of benzene rings is 2. The molecule has 3 aromatic rings. The first-order chi connectivity index (χ1) is 15.1. The zero-order valence-corrected chi connectivity index (χ0v) is 18.9. The molecule has 1 heterocycles. The highest BCUT2D eigenvalue weighted by Gasteiger charge is 2.14. The van der Waals surface area contributed by atoms with Gasteiger partial charge in [-0.1, -0.05) is 30.8 Å². The van der Waals surface area contributed by atoms with E-state index in [0.717, 1.165) is 29.4 Å². The van der Waals surface area contributed by atoms with E-state index in [1.807, 2.05) is 54.8 Å². The molecule has 0 saturated carbocycles. The Labute approximate surface area is 187 Å². The van der Waals surface area contributed by atoms with Gasteiger partial charge in [-0.3, -0.25) is 4.79 Å². The zero-order chi connectivity index (χ0) is 22.1. The minimum Gasteiger partial charge on any atom is -0.494 e. The van der Waals surface area contributed by atoms with E-state index >= 15 is 0 Å². The van der Waals surface area contributed by atoms with Gasteiger partial charge in [-0.25, -0.2) is 0 Å². The fourth-order valence-corrected chi connectivity index (χ4v) is 3.77. The molecular weight excluding hydrogens is 412 g/mol. The van der Waals surface area contributed by atoms with Gasteiger partial charge >= 0.3 is 0 Å². The summed E-state index contributed by atoms with van der Waals surface area (Å²) in [5, 5.41) is 12.1. The molecule has 0 radical (unpaired) electrons. The largest absolute Gasteiger partial charge is 0.494 e. The molecule has 0 atom stereocenters. The quantitative estimate of drug-likeness (QED) is 0.440. The highest BCUT2D eigenvalue weighted by molar-refractivity contribution is 7.99. The summed E-state index contributed by atoms with van der Waals surface area (Å²) in [6, 6.07) is 15.4. The van der Waals surface area contributed by atoms with Gasteiger partial charge in [0.05, 0.1) is 12.4 Å². The van der Waals surface area contributed by atoms with Gasteiger partial charge in [0.25, 0.3) is 0 Å². The van der Waals surface area contributed by atoms with E-state index in [2.05, 4.69) is 34.6 Å². The van der Waals surface area contributed by atoms with Gasteiger partial charge in [0.15, 0.2) is 11.0 Å². The van der Waals surface area contributed by atoms with Crippen LogP contribution in [-0.4, -0.2) is 33.0 Å². The van der Waals surface area contributed by atoms with Gasteiger partial charge < -0.3 is 19.4 Å². The second kappa shape index (κ2) is 11.4. The number of carbonyl (C=O) groups is 1. The van der Waals surface area contributed by atoms with Crippen LogP contribution in [0, 0.1) is 0 Å². The van der Waals surface area contributed by atoms with Crippen molar-refractivity contribution >= 4 is 23.4 Å². The number of nitrogens with one attached hydrogen (secondary N) is 1. The van der Waals surface area contributed by atoms with Crippen molar-refractivity contribution < 1.29 is 14.3 Å². The Balaban J connectivity index is 1.52. The van der Waals surface area contributed by atoms with Crippen molar-refractivity contribution in [3.05, 3.63) is 59.9 Å². The minimum atomic E-state index is -0.103. The van der Waals surface area contributed by atoms with Gasteiger partial charge in [0.2, 0.25) is 5.91 Å². The summed E-state index contributed by atoms with van der Waals surface area (Å²) < 4.78 is 13.2. The van der Waals surface area contributed by atoms with Crippen LogP contribution in [-0.2, 0) is 24.4 Å². The van der Waals surface area contributed by atoms with Crippen molar-refractivity contribution in [3.8, 4) is 11.5 Å². The Morgan fingerprint density at radius 3 is 2.29 bits per heavy atom. The zero-order valence-electron chi connectivity index (χ0n) is 18.1. The lowest BCUT2D eigenvalue weighted by molar-refractivity contribution is -0.113. The summed E-state index contributed by atoms with van der Waals surface area (Å²) in [7, 11) is 0. The molecule has 0 aliphatic heterocycles. The minimum absolute atomic E-state index is 0.103. The number of hydrogen-bond donors (Lipinski definition) is 1. The number of rotatable bonds is 11. The van der Waals surface area contributed by atoms with Crippen LogP contribution in [0.5, 0.6) is 11.5 Å². The molecule has 0 fully saturated rings. The number of aromatic nitrogens is 3. The van der Waals surface area contributed by atoms with Gasteiger partial charge in [-0.2, -0.15) is 0 Å². The summed E-state index contributed by atoms with van der Waals surface area (Å²) in [5.74, 6) is 2.45. The summed E-state index contributed by atoms with van der Waals surface area (Å²) in [5.41, 5.74) is 2.00. The molecule has 31 heavy (non-hydrogen) atoms. The molecule has 1 amide bonds. The van der Waals surface area contributed by atoms with Crippen LogP contribution in [0.1, 0.15) is 32.2 Å². The van der Waals surface area contributed by atoms with Crippen LogP contribution < -0.4 is 14.8 Å². The summed E-state index contributed by atoms with van der Waals surface area (Å²) in [6.07, 6.45) is 0.997. The van der Waals surface area contributed by atoms with Crippen LogP contribution in [0.4, 0.5) is 5.69 Å². The van der Waals surface area contributed by atoms with E-state index < -0.39 is 0 Å². The number of anilines is 1. The van der Waals surface area contributed by atoms with Gasteiger partial charge in [-0.15, -0.1) is 10.2 Å². The molecule has 7 nitrogen and oxygen atoms in total. The molecule has 0 bridgehead atoms. The second-order valence-corrected chi connectivity index (χ2v) is 7.67. The third-order valence-electron chi connectivity index (χ3n) is 4.59. The van der Waals surface area contributed by atoms with Crippen molar-refractivity contribution in [1.29, 1.82) is 0 Å². The van der Waals surface area contributed by atoms with Crippen molar-refractivity contribution in [2.24, 2.45) is 0 Å². The van der Waals surface area contributed by atoms with E-state index in [9.17, 15) is 4.79 Å². The number of hydrogen-bond acceptors (Lipinski definition) is 6. The Morgan fingerprint density at radius 1 is 0.968 bits per heavy atom. The number of thioether (sulfide) groups is 1. The molecule has 0 saturated heterocycles. The van der Waals surface area contributed by atoms with Gasteiger partial charge in [0.1, 0.15) is 18.1 Å². The van der Waals surface area contributed by atoms with Gasteiger partial charge in [0, 0.05) is 12.2 Å². The SMILES string of the molecule is CCOc1ccc(NC(=O)CSc2nnc(COc3ccc(CC)cc3)n2CC)cc1. The summed E-state index contributed by atoms with van der Waals surface area (Å²) >= 11 is 1.35. The van der Waals surface area contributed by atoms with E-state index in [1.165, 1.54) is 17.3 Å². The van der Waals surface area contributed by atoms with Crippen LogP contribution >= 0.6 is 11.8 Å². The molecule has 0 aliphatic rings. The van der Waals surface area contributed by atoms with Crippen LogP contribution in [0.25, 0.3) is 0 Å². The maximum atomic E-state index is 12.3. The Morgan fingerprint density at radius 2 is 1.65 bits per heavy atom.